The highest BCUT2D eigenvalue weighted by Crippen LogP contribution is 2.42. The molecule has 0 atom stereocenters. The topological polar surface area (TPSA) is 35.2 Å². The van der Waals surface area contributed by atoms with Gasteiger partial charge in [-0.1, -0.05) is 11.6 Å². The van der Waals surface area contributed by atoms with Crippen molar-refractivity contribution in [2.24, 2.45) is 0 Å². The number of nitrogen functional groups attached to an aromatic ring is 1. The Morgan fingerprint density at radius 1 is 1.29 bits per heavy atom. The second-order valence-corrected chi connectivity index (χ2v) is 5.41. The van der Waals surface area contributed by atoms with E-state index in [-0.39, 0.29) is 0 Å². The van der Waals surface area contributed by atoms with Crippen LogP contribution in [0.2, 0.25) is 5.02 Å². The van der Waals surface area contributed by atoms with Gasteiger partial charge in [0.1, 0.15) is 5.75 Å². The molecule has 1 heterocycles. The van der Waals surface area contributed by atoms with E-state index in [4.69, 9.17) is 22.1 Å². The number of benzene rings is 1. The third-order valence-electron chi connectivity index (χ3n) is 2.74. The minimum atomic E-state index is 0.785. The summed E-state index contributed by atoms with van der Waals surface area (Å²) < 4.78 is 5.43. The van der Waals surface area contributed by atoms with Crippen LogP contribution in [0.15, 0.2) is 18.2 Å². The molecular weight excluding hydrogens is 254 g/mol. The fourth-order valence-corrected chi connectivity index (χ4v) is 2.91. The molecule has 4 heteroatoms. The third-order valence-corrected chi connectivity index (χ3v) is 4.25. The van der Waals surface area contributed by atoms with Crippen LogP contribution >= 0.6 is 22.9 Å². The molecular formula is C13H14ClNOS. The molecule has 2 nitrogen and oxygen atoms in total. The largest absolute Gasteiger partial charge is 0.496 e. The summed E-state index contributed by atoms with van der Waals surface area (Å²) in [4.78, 5) is 1.08. The first-order valence-electron chi connectivity index (χ1n) is 5.24. The Kier molecular flexibility index (Phi) is 3.31. The first-order chi connectivity index (χ1) is 8.04. The lowest BCUT2D eigenvalue weighted by Crippen LogP contribution is -1.93. The molecule has 0 unspecified atom stereocenters. The molecule has 0 amide bonds. The molecule has 2 N–H and O–H groups in total. The van der Waals surface area contributed by atoms with E-state index in [1.807, 2.05) is 32.0 Å². The maximum Gasteiger partial charge on any atom is 0.128 e. The van der Waals surface area contributed by atoms with E-state index >= 15 is 0 Å². The SMILES string of the molecule is COc1cc(C)c(Cl)c(C)c1-c1ccc(N)s1. The normalized spacial score (nSPS) is 10.6. The maximum absolute atomic E-state index is 6.29. The first kappa shape index (κ1) is 12.3. The molecule has 1 aromatic carbocycles. The number of methoxy groups -OCH3 is 1. The summed E-state index contributed by atoms with van der Waals surface area (Å²) in [5, 5.41) is 1.57. The van der Waals surface area contributed by atoms with Crippen molar-refractivity contribution in [3.05, 3.63) is 34.3 Å². The zero-order valence-electron chi connectivity index (χ0n) is 10.0. The van der Waals surface area contributed by atoms with Gasteiger partial charge in [0.05, 0.1) is 12.1 Å². The Hall–Kier alpha value is -1.19. The summed E-state index contributed by atoms with van der Waals surface area (Å²) >= 11 is 7.82. The summed E-state index contributed by atoms with van der Waals surface area (Å²) in [6.07, 6.45) is 0. The highest BCUT2D eigenvalue weighted by molar-refractivity contribution is 7.19. The molecule has 0 saturated carbocycles. The molecule has 0 saturated heterocycles. The van der Waals surface area contributed by atoms with E-state index in [1.165, 1.54) is 11.3 Å². The van der Waals surface area contributed by atoms with Crippen LogP contribution in [0.25, 0.3) is 10.4 Å². The number of thiophene rings is 1. The third kappa shape index (κ3) is 2.13. The second kappa shape index (κ2) is 4.59. The second-order valence-electron chi connectivity index (χ2n) is 3.91. The van der Waals surface area contributed by atoms with E-state index in [0.717, 1.165) is 37.3 Å². The van der Waals surface area contributed by atoms with Gasteiger partial charge in [-0.2, -0.15) is 0 Å². The molecule has 17 heavy (non-hydrogen) atoms. The minimum Gasteiger partial charge on any atom is -0.496 e. The lowest BCUT2D eigenvalue weighted by Gasteiger charge is -2.13. The maximum atomic E-state index is 6.29. The molecule has 0 fully saturated rings. The number of hydrogen-bond donors (Lipinski definition) is 1. The van der Waals surface area contributed by atoms with Crippen molar-refractivity contribution in [2.45, 2.75) is 13.8 Å². The average molecular weight is 268 g/mol. The van der Waals surface area contributed by atoms with E-state index in [9.17, 15) is 0 Å². The average Bonchev–Trinajstić information content (AvgIpc) is 2.71. The van der Waals surface area contributed by atoms with Crippen molar-refractivity contribution in [1.82, 2.24) is 0 Å². The lowest BCUT2D eigenvalue weighted by molar-refractivity contribution is 0.416. The Morgan fingerprint density at radius 2 is 2.00 bits per heavy atom. The molecule has 0 bridgehead atoms. The van der Waals surface area contributed by atoms with E-state index < -0.39 is 0 Å². The zero-order chi connectivity index (χ0) is 12.6. The molecule has 0 spiro atoms. The van der Waals surface area contributed by atoms with Crippen LogP contribution in [0.1, 0.15) is 11.1 Å². The van der Waals surface area contributed by atoms with Gasteiger partial charge in [0.25, 0.3) is 0 Å². The summed E-state index contributed by atoms with van der Waals surface area (Å²) in [5.41, 5.74) is 8.86. The number of aryl methyl sites for hydroxylation is 1. The van der Waals surface area contributed by atoms with E-state index in [0.29, 0.717) is 0 Å². The van der Waals surface area contributed by atoms with Gasteiger partial charge in [0.2, 0.25) is 0 Å². The Bertz CT molecular complexity index is 563. The van der Waals surface area contributed by atoms with Gasteiger partial charge in [-0.3, -0.25) is 0 Å². The fraction of sp³-hybridized carbons (Fsp3) is 0.231. The molecule has 90 valence electrons. The van der Waals surface area contributed by atoms with Crippen LogP contribution in [0.4, 0.5) is 5.00 Å². The van der Waals surface area contributed by atoms with Crippen LogP contribution in [0.5, 0.6) is 5.75 Å². The number of rotatable bonds is 2. The predicted octanol–water partition coefficient (Wildman–Crippen LogP) is 4.28. The predicted molar refractivity (Wildman–Crippen MR) is 75.2 cm³/mol. The van der Waals surface area contributed by atoms with E-state index in [2.05, 4.69) is 0 Å². The van der Waals surface area contributed by atoms with Gasteiger partial charge in [0, 0.05) is 15.5 Å². The number of nitrogens with two attached hydrogens (primary N) is 1. The summed E-state index contributed by atoms with van der Waals surface area (Å²) in [7, 11) is 1.67. The van der Waals surface area contributed by atoms with Gasteiger partial charge < -0.3 is 10.5 Å². The zero-order valence-corrected chi connectivity index (χ0v) is 11.6. The first-order valence-corrected chi connectivity index (χ1v) is 6.43. The Balaban J connectivity index is 2.71. The van der Waals surface area contributed by atoms with Gasteiger partial charge in [-0.15, -0.1) is 11.3 Å². The molecule has 0 radical (unpaired) electrons. The molecule has 2 rings (SSSR count). The summed E-state index contributed by atoms with van der Waals surface area (Å²) in [6.45, 7) is 3.98. The number of halogens is 1. The fourth-order valence-electron chi connectivity index (χ4n) is 1.88. The van der Waals surface area contributed by atoms with Crippen LogP contribution in [-0.4, -0.2) is 7.11 Å². The summed E-state index contributed by atoms with van der Waals surface area (Å²) in [6, 6.07) is 5.85. The van der Waals surface area contributed by atoms with Gasteiger partial charge in [0.15, 0.2) is 0 Å². The Labute approximate surface area is 110 Å². The monoisotopic (exact) mass is 267 g/mol. The lowest BCUT2D eigenvalue weighted by atomic mass is 10.0. The molecule has 0 aliphatic carbocycles. The number of hydrogen-bond acceptors (Lipinski definition) is 3. The van der Waals surface area contributed by atoms with Gasteiger partial charge in [-0.05, 0) is 43.2 Å². The van der Waals surface area contributed by atoms with E-state index in [1.54, 1.807) is 7.11 Å². The van der Waals surface area contributed by atoms with Crippen LogP contribution in [-0.2, 0) is 0 Å². The highest BCUT2D eigenvalue weighted by Gasteiger charge is 2.15. The number of ether oxygens (including phenoxy) is 1. The Morgan fingerprint density at radius 3 is 2.53 bits per heavy atom. The van der Waals surface area contributed by atoms with Crippen molar-refractivity contribution < 1.29 is 4.74 Å². The molecule has 0 aliphatic rings. The van der Waals surface area contributed by atoms with Crippen molar-refractivity contribution >= 4 is 27.9 Å². The van der Waals surface area contributed by atoms with Crippen LogP contribution < -0.4 is 10.5 Å². The summed E-state index contributed by atoms with van der Waals surface area (Å²) in [5.74, 6) is 0.839. The van der Waals surface area contributed by atoms with Crippen LogP contribution in [0, 0.1) is 13.8 Å². The number of anilines is 1. The van der Waals surface area contributed by atoms with Crippen molar-refractivity contribution in [3.8, 4) is 16.2 Å². The molecule has 0 aliphatic heterocycles. The van der Waals surface area contributed by atoms with Crippen molar-refractivity contribution in [3.63, 3.8) is 0 Å². The molecule has 1 aromatic heterocycles. The minimum absolute atomic E-state index is 0.785. The molecule has 2 aromatic rings. The quantitative estimate of drug-likeness (QED) is 0.882. The highest BCUT2D eigenvalue weighted by atomic mass is 35.5. The van der Waals surface area contributed by atoms with Gasteiger partial charge in [-0.25, -0.2) is 0 Å². The standard InChI is InChI=1S/C13H14ClNOS/c1-7-6-9(16-3)12(8(2)13(7)14)10-4-5-11(15)17-10/h4-6H,15H2,1-3H3. The van der Waals surface area contributed by atoms with Crippen molar-refractivity contribution in [2.75, 3.05) is 12.8 Å². The van der Waals surface area contributed by atoms with Gasteiger partial charge >= 0.3 is 0 Å². The van der Waals surface area contributed by atoms with Crippen molar-refractivity contribution in [1.29, 1.82) is 0 Å². The van der Waals surface area contributed by atoms with Crippen LogP contribution in [0.3, 0.4) is 0 Å². The smallest absolute Gasteiger partial charge is 0.128 e.